The van der Waals surface area contributed by atoms with Gasteiger partial charge in [0.15, 0.2) is 6.29 Å². The minimum Gasteiger partial charge on any atom is -0.352 e. The Labute approximate surface area is 80.6 Å². The van der Waals surface area contributed by atoms with E-state index in [0.717, 1.165) is 12.8 Å². The molecule has 1 saturated carbocycles. The first-order chi connectivity index (χ1) is 6.17. The molecular weight excluding hydrogens is 166 g/mol. The number of hydrogen-bond donors (Lipinski definition) is 1. The van der Waals surface area contributed by atoms with Crippen LogP contribution in [-0.2, 0) is 9.47 Å². The molecule has 0 aromatic carbocycles. The summed E-state index contributed by atoms with van der Waals surface area (Å²) >= 11 is 0. The van der Waals surface area contributed by atoms with E-state index >= 15 is 0 Å². The average Bonchev–Trinajstić information content (AvgIpc) is 2.84. The minimum atomic E-state index is -0.0949. The fourth-order valence-corrected chi connectivity index (χ4v) is 1.73. The molecule has 3 nitrogen and oxygen atoms in total. The molecule has 0 spiro atoms. The average molecular weight is 187 g/mol. The van der Waals surface area contributed by atoms with Crippen LogP contribution in [0.15, 0.2) is 0 Å². The van der Waals surface area contributed by atoms with Gasteiger partial charge in [-0.2, -0.15) is 0 Å². The van der Waals surface area contributed by atoms with Crippen molar-refractivity contribution in [1.82, 2.24) is 0 Å². The van der Waals surface area contributed by atoms with Gasteiger partial charge in [-0.1, -0.05) is 0 Å². The van der Waals surface area contributed by atoms with E-state index in [2.05, 4.69) is 0 Å². The lowest BCUT2D eigenvalue weighted by Crippen LogP contribution is -2.41. The molecule has 0 aromatic rings. The molecule has 1 rings (SSSR count). The second-order valence-electron chi connectivity index (χ2n) is 3.76. The van der Waals surface area contributed by atoms with Crippen LogP contribution in [0.3, 0.4) is 0 Å². The molecule has 78 valence electrons. The summed E-state index contributed by atoms with van der Waals surface area (Å²) in [6.45, 7) is 7.41. The highest BCUT2D eigenvalue weighted by molar-refractivity contribution is 5.01. The van der Waals surface area contributed by atoms with E-state index in [1.54, 1.807) is 0 Å². The molecule has 2 N–H and O–H groups in total. The van der Waals surface area contributed by atoms with Crippen molar-refractivity contribution in [2.24, 2.45) is 11.1 Å². The van der Waals surface area contributed by atoms with Crippen LogP contribution in [0.25, 0.3) is 0 Å². The van der Waals surface area contributed by atoms with E-state index in [1.165, 1.54) is 0 Å². The SMILES string of the molecule is CCOC(OCC)C1(C(C)N)CC1. The zero-order valence-electron chi connectivity index (χ0n) is 8.88. The maximum atomic E-state index is 5.93. The molecule has 1 fully saturated rings. The molecule has 0 heterocycles. The van der Waals surface area contributed by atoms with Crippen LogP contribution in [-0.4, -0.2) is 25.5 Å². The molecule has 0 amide bonds. The highest BCUT2D eigenvalue weighted by Crippen LogP contribution is 2.52. The zero-order chi connectivity index (χ0) is 9.90. The zero-order valence-corrected chi connectivity index (χ0v) is 8.88. The smallest absolute Gasteiger partial charge is 0.164 e. The topological polar surface area (TPSA) is 44.5 Å². The van der Waals surface area contributed by atoms with Gasteiger partial charge in [-0.25, -0.2) is 0 Å². The third kappa shape index (κ3) is 2.22. The van der Waals surface area contributed by atoms with E-state index in [4.69, 9.17) is 15.2 Å². The normalized spacial score (nSPS) is 21.9. The summed E-state index contributed by atoms with van der Waals surface area (Å²) in [5.74, 6) is 0. The summed E-state index contributed by atoms with van der Waals surface area (Å²) in [7, 11) is 0. The van der Waals surface area contributed by atoms with Crippen molar-refractivity contribution >= 4 is 0 Å². The van der Waals surface area contributed by atoms with Gasteiger partial charge in [0.1, 0.15) is 0 Å². The van der Waals surface area contributed by atoms with Gasteiger partial charge in [-0.05, 0) is 33.6 Å². The van der Waals surface area contributed by atoms with E-state index in [9.17, 15) is 0 Å². The Hall–Kier alpha value is -0.120. The Kier molecular flexibility index (Phi) is 3.71. The van der Waals surface area contributed by atoms with Crippen molar-refractivity contribution < 1.29 is 9.47 Å². The van der Waals surface area contributed by atoms with Crippen molar-refractivity contribution in [2.75, 3.05) is 13.2 Å². The maximum absolute atomic E-state index is 5.93. The van der Waals surface area contributed by atoms with E-state index in [0.29, 0.717) is 13.2 Å². The van der Waals surface area contributed by atoms with Crippen LogP contribution in [0, 0.1) is 5.41 Å². The number of rotatable bonds is 6. The molecule has 0 saturated heterocycles. The predicted octanol–water partition coefficient (Wildman–Crippen LogP) is 1.51. The standard InChI is InChI=1S/C10H21NO2/c1-4-12-9(13-5-2)10(6-7-10)8(3)11/h8-9H,4-7,11H2,1-3H3. The lowest BCUT2D eigenvalue weighted by atomic mass is 9.98. The second-order valence-corrected chi connectivity index (χ2v) is 3.76. The summed E-state index contributed by atoms with van der Waals surface area (Å²) in [6, 6.07) is 0.163. The summed E-state index contributed by atoms with van der Waals surface area (Å²) in [4.78, 5) is 0. The van der Waals surface area contributed by atoms with Gasteiger partial charge in [0.05, 0.1) is 0 Å². The number of ether oxygens (including phenoxy) is 2. The van der Waals surface area contributed by atoms with Crippen LogP contribution < -0.4 is 5.73 Å². The first kappa shape index (κ1) is 11.0. The van der Waals surface area contributed by atoms with Crippen molar-refractivity contribution in [3.8, 4) is 0 Å². The number of nitrogens with two attached hydrogens (primary N) is 1. The fraction of sp³-hybridized carbons (Fsp3) is 1.00. The van der Waals surface area contributed by atoms with E-state index in [-0.39, 0.29) is 17.7 Å². The second kappa shape index (κ2) is 4.40. The van der Waals surface area contributed by atoms with Crippen molar-refractivity contribution in [3.63, 3.8) is 0 Å². The van der Waals surface area contributed by atoms with Gasteiger partial charge >= 0.3 is 0 Å². The minimum absolute atomic E-state index is 0.0949. The Morgan fingerprint density at radius 1 is 1.23 bits per heavy atom. The van der Waals surface area contributed by atoms with Gasteiger partial charge in [0, 0.05) is 24.7 Å². The summed E-state index contributed by atoms with van der Waals surface area (Å²) < 4.78 is 11.1. The molecule has 1 atom stereocenters. The van der Waals surface area contributed by atoms with Gasteiger partial charge in [-0.3, -0.25) is 0 Å². The summed E-state index contributed by atoms with van der Waals surface area (Å²) in [5.41, 5.74) is 6.04. The van der Waals surface area contributed by atoms with Crippen LogP contribution in [0.1, 0.15) is 33.6 Å². The monoisotopic (exact) mass is 187 g/mol. The summed E-state index contributed by atoms with van der Waals surface area (Å²) in [6.07, 6.45) is 2.17. The Balaban J connectivity index is 2.52. The van der Waals surface area contributed by atoms with E-state index in [1.807, 2.05) is 20.8 Å². The molecule has 0 aromatic heterocycles. The van der Waals surface area contributed by atoms with Gasteiger partial charge < -0.3 is 15.2 Å². The third-order valence-electron chi connectivity index (χ3n) is 2.84. The maximum Gasteiger partial charge on any atom is 0.164 e. The molecule has 13 heavy (non-hydrogen) atoms. The summed E-state index contributed by atoms with van der Waals surface area (Å²) in [5, 5.41) is 0. The van der Waals surface area contributed by atoms with Gasteiger partial charge in [0.2, 0.25) is 0 Å². The Morgan fingerprint density at radius 3 is 1.92 bits per heavy atom. The molecule has 0 bridgehead atoms. The fourth-order valence-electron chi connectivity index (χ4n) is 1.73. The molecular formula is C10H21NO2. The van der Waals surface area contributed by atoms with Crippen LogP contribution in [0.4, 0.5) is 0 Å². The predicted molar refractivity (Wildman–Crippen MR) is 52.4 cm³/mol. The molecule has 0 aliphatic heterocycles. The van der Waals surface area contributed by atoms with Crippen LogP contribution in [0.5, 0.6) is 0 Å². The molecule has 3 heteroatoms. The highest BCUT2D eigenvalue weighted by Gasteiger charge is 2.53. The Bertz CT molecular complexity index is 149. The third-order valence-corrected chi connectivity index (χ3v) is 2.84. The van der Waals surface area contributed by atoms with Crippen molar-refractivity contribution in [2.45, 2.75) is 45.9 Å². The van der Waals surface area contributed by atoms with Crippen LogP contribution in [0.2, 0.25) is 0 Å². The van der Waals surface area contributed by atoms with Crippen molar-refractivity contribution in [1.29, 1.82) is 0 Å². The van der Waals surface area contributed by atoms with Crippen molar-refractivity contribution in [3.05, 3.63) is 0 Å². The lowest BCUT2D eigenvalue weighted by Gasteiger charge is -2.29. The quantitative estimate of drug-likeness (QED) is 0.641. The first-order valence-corrected chi connectivity index (χ1v) is 5.16. The van der Waals surface area contributed by atoms with Crippen LogP contribution >= 0.6 is 0 Å². The van der Waals surface area contributed by atoms with E-state index < -0.39 is 0 Å². The highest BCUT2D eigenvalue weighted by atomic mass is 16.7. The first-order valence-electron chi connectivity index (χ1n) is 5.16. The van der Waals surface area contributed by atoms with Gasteiger partial charge in [-0.15, -0.1) is 0 Å². The molecule has 1 aliphatic rings. The number of hydrogen-bond acceptors (Lipinski definition) is 3. The Morgan fingerprint density at radius 2 is 1.69 bits per heavy atom. The molecule has 1 aliphatic carbocycles. The molecule has 1 unspecified atom stereocenters. The largest absolute Gasteiger partial charge is 0.352 e. The lowest BCUT2D eigenvalue weighted by molar-refractivity contribution is -0.179. The molecule has 0 radical (unpaired) electrons. The van der Waals surface area contributed by atoms with Gasteiger partial charge in [0.25, 0.3) is 0 Å².